The molecule has 0 amide bonds. The predicted octanol–water partition coefficient (Wildman–Crippen LogP) is 4.34. The van der Waals surface area contributed by atoms with Gasteiger partial charge in [-0.1, -0.05) is 6.07 Å². The van der Waals surface area contributed by atoms with Crippen LogP contribution in [0.4, 0.5) is 23.2 Å². The van der Waals surface area contributed by atoms with Crippen molar-refractivity contribution in [3.8, 4) is 0 Å². The van der Waals surface area contributed by atoms with Crippen LogP contribution >= 0.6 is 11.6 Å². The molecule has 1 rings (SSSR count). The quantitative estimate of drug-likeness (QED) is 0.587. The summed E-state index contributed by atoms with van der Waals surface area (Å²) in [5.74, 6) is -0.751. The standard InChI is InChI=1S/C12H14ClF4N/c1-8(2)18(7-12(15,16)17)11-5-3-4-10(14)9(11)6-13/h3-5,8H,6-7H2,1-2H3. The van der Waals surface area contributed by atoms with Gasteiger partial charge in [-0.25, -0.2) is 4.39 Å². The molecular formula is C12H14ClF4N. The minimum absolute atomic E-state index is 0.0946. The first-order chi connectivity index (χ1) is 8.26. The van der Waals surface area contributed by atoms with Gasteiger partial charge >= 0.3 is 6.18 Å². The molecule has 0 saturated carbocycles. The number of halogens is 5. The summed E-state index contributed by atoms with van der Waals surface area (Å²) in [5.41, 5.74) is 0.287. The molecule has 0 aliphatic heterocycles. The second-order valence-corrected chi connectivity index (χ2v) is 4.48. The molecule has 0 N–H and O–H groups in total. The molecule has 0 bridgehead atoms. The van der Waals surface area contributed by atoms with Crippen LogP contribution < -0.4 is 4.90 Å². The van der Waals surface area contributed by atoms with Gasteiger partial charge in [0.2, 0.25) is 0 Å². The molecule has 6 heteroatoms. The van der Waals surface area contributed by atoms with Crippen molar-refractivity contribution in [2.24, 2.45) is 0 Å². The summed E-state index contributed by atoms with van der Waals surface area (Å²) in [6.45, 7) is 2.11. The van der Waals surface area contributed by atoms with Crippen LogP contribution in [-0.2, 0) is 5.88 Å². The summed E-state index contributed by atoms with van der Waals surface area (Å²) in [5, 5.41) is 0. The minimum Gasteiger partial charge on any atom is -0.360 e. The number of rotatable bonds is 4. The van der Waals surface area contributed by atoms with E-state index in [2.05, 4.69) is 0 Å². The van der Waals surface area contributed by atoms with E-state index in [1.54, 1.807) is 13.8 Å². The fourth-order valence-electron chi connectivity index (χ4n) is 1.69. The number of nitrogens with zero attached hydrogens (tertiary/aromatic N) is 1. The molecule has 0 aromatic heterocycles. The maximum absolute atomic E-state index is 13.5. The van der Waals surface area contributed by atoms with Gasteiger partial charge in [0.1, 0.15) is 12.4 Å². The summed E-state index contributed by atoms with van der Waals surface area (Å²) < 4.78 is 51.1. The van der Waals surface area contributed by atoms with Crippen molar-refractivity contribution in [2.75, 3.05) is 11.4 Å². The highest BCUT2D eigenvalue weighted by Crippen LogP contribution is 2.29. The third kappa shape index (κ3) is 3.77. The molecule has 18 heavy (non-hydrogen) atoms. The van der Waals surface area contributed by atoms with E-state index in [1.807, 2.05) is 0 Å². The van der Waals surface area contributed by atoms with Crippen molar-refractivity contribution in [3.05, 3.63) is 29.6 Å². The first-order valence-electron chi connectivity index (χ1n) is 5.43. The molecule has 0 aliphatic carbocycles. The zero-order valence-corrected chi connectivity index (χ0v) is 10.8. The number of hydrogen-bond donors (Lipinski definition) is 0. The molecule has 1 nitrogen and oxygen atoms in total. The Morgan fingerprint density at radius 1 is 1.28 bits per heavy atom. The Hall–Kier alpha value is -0.970. The average Bonchev–Trinajstić information content (AvgIpc) is 2.24. The van der Waals surface area contributed by atoms with Crippen molar-refractivity contribution in [1.82, 2.24) is 0 Å². The Kier molecular flexibility index (Phi) is 4.85. The predicted molar refractivity (Wildman–Crippen MR) is 64.5 cm³/mol. The molecule has 0 heterocycles. The van der Waals surface area contributed by atoms with E-state index in [0.29, 0.717) is 0 Å². The zero-order chi connectivity index (χ0) is 13.9. The summed E-state index contributed by atoms with van der Waals surface area (Å²) in [6.07, 6.45) is -4.35. The normalized spacial score (nSPS) is 12.0. The van der Waals surface area contributed by atoms with E-state index in [0.717, 1.165) is 4.90 Å². The van der Waals surface area contributed by atoms with Gasteiger partial charge < -0.3 is 4.90 Å². The van der Waals surface area contributed by atoms with Gasteiger partial charge in [0.25, 0.3) is 0 Å². The average molecular weight is 284 g/mol. The zero-order valence-electron chi connectivity index (χ0n) is 10.1. The molecule has 102 valence electrons. The maximum atomic E-state index is 13.5. The van der Waals surface area contributed by atoms with Crippen molar-refractivity contribution in [3.63, 3.8) is 0 Å². The van der Waals surface area contributed by atoms with Crippen molar-refractivity contribution >= 4 is 17.3 Å². The molecule has 0 aliphatic rings. The van der Waals surface area contributed by atoms with Gasteiger partial charge in [-0.15, -0.1) is 11.6 Å². The number of anilines is 1. The minimum atomic E-state index is -4.35. The van der Waals surface area contributed by atoms with E-state index in [4.69, 9.17) is 11.6 Å². The Labute approximate surface area is 108 Å². The Balaban J connectivity index is 3.18. The van der Waals surface area contributed by atoms with Crippen molar-refractivity contribution in [2.45, 2.75) is 31.9 Å². The Bertz CT molecular complexity index is 404. The SMILES string of the molecule is CC(C)N(CC(F)(F)F)c1cccc(F)c1CCl. The van der Waals surface area contributed by atoms with E-state index in [1.165, 1.54) is 18.2 Å². The second kappa shape index (κ2) is 5.78. The van der Waals surface area contributed by atoms with Gasteiger partial charge in [-0.3, -0.25) is 0 Å². The monoisotopic (exact) mass is 283 g/mol. The summed E-state index contributed by atoms with van der Waals surface area (Å²) in [7, 11) is 0. The van der Waals surface area contributed by atoms with E-state index in [9.17, 15) is 17.6 Å². The number of benzene rings is 1. The molecular weight excluding hydrogens is 270 g/mol. The molecule has 0 spiro atoms. The van der Waals surface area contributed by atoms with Gasteiger partial charge in [-0.2, -0.15) is 13.2 Å². The van der Waals surface area contributed by atoms with Crippen LogP contribution in [0, 0.1) is 5.82 Å². The molecule has 0 atom stereocenters. The highest BCUT2D eigenvalue weighted by molar-refractivity contribution is 6.17. The van der Waals surface area contributed by atoms with Crippen molar-refractivity contribution < 1.29 is 17.6 Å². The first-order valence-corrected chi connectivity index (χ1v) is 5.96. The lowest BCUT2D eigenvalue weighted by atomic mass is 10.1. The summed E-state index contributed by atoms with van der Waals surface area (Å²) >= 11 is 5.61. The number of alkyl halides is 4. The van der Waals surface area contributed by atoms with Gasteiger partial charge in [-0.05, 0) is 26.0 Å². The van der Waals surface area contributed by atoms with Crippen LogP contribution in [0.15, 0.2) is 18.2 Å². The fourth-order valence-corrected chi connectivity index (χ4v) is 1.95. The van der Waals surface area contributed by atoms with E-state index in [-0.39, 0.29) is 17.1 Å². The largest absolute Gasteiger partial charge is 0.405 e. The van der Waals surface area contributed by atoms with Crippen LogP contribution in [-0.4, -0.2) is 18.8 Å². The maximum Gasteiger partial charge on any atom is 0.405 e. The van der Waals surface area contributed by atoms with Crippen LogP contribution in [0.1, 0.15) is 19.4 Å². The highest BCUT2D eigenvalue weighted by atomic mass is 35.5. The fraction of sp³-hybridized carbons (Fsp3) is 0.500. The van der Waals surface area contributed by atoms with Gasteiger partial charge in [0.05, 0.1) is 5.88 Å². The molecule has 0 unspecified atom stereocenters. The second-order valence-electron chi connectivity index (χ2n) is 4.21. The molecule has 0 fully saturated rings. The smallest absolute Gasteiger partial charge is 0.360 e. The highest BCUT2D eigenvalue weighted by Gasteiger charge is 2.33. The molecule has 0 saturated heterocycles. The summed E-state index contributed by atoms with van der Waals surface area (Å²) in [6, 6.07) is 3.61. The Morgan fingerprint density at radius 2 is 1.89 bits per heavy atom. The lowest BCUT2D eigenvalue weighted by Gasteiger charge is -2.31. The molecule has 0 radical (unpaired) electrons. The third-order valence-electron chi connectivity index (χ3n) is 2.51. The Morgan fingerprint density at radius 3 is 2.33 bits per heavy atom. The van der Waals surface area contributed by atoms with E-state index < -0.39 is 24.6 Å². The molecule has 1 aromatic rings. The van der Waals surface area contributed by atoms with Crippen molar-refractivity contribution in [1.29, 1.82) is 0 Å². The lowest BCUT2D eigenvalue weighted by Crippen LogP contribution is -2.39. The van der Waals surface area contributed by atoms with Crippen LogP contribution in [0.25, 0.3) is 0 Å². The first kappa shape index (κ1) is 15.1. The lowest BCUT2D eigenvalue weighted by molar-refractivity contribution is -0.120. The molecule has 1 aromatic carbocycles. The van der Waals surface area contributed by atoms with E-state index >= 15 is 0 Å². The van der Waals surface area contributed by atoms with Gasteiger partial charge in [0.15, 0.2) is 0 Å². The van der Waals surface area contributed by atoms with Crippen LogP contribution in [0.3, 0.4) is 0 Å². The third-order valence-corrected chi connectivity index (χ3v) is 2.78. The van der Waals surface area contributed by atoms with Gasteiger partial charge in [0, 0.05) is 17.3 Å². The van der Waals surface area contributed by atoms with Crippen LogP contribution in [0.2, 0.25) is 0 Å². The topological polar surface area (TPSA) is 3.24 Å². The number of hydrogen-bond acceptors (Lipinski definition) is 1. The van der Waals surface area contributed by atoms with Crippen LogP contribution in [0.5, 0.6) is 0 Å². The summed E-state index contributed by atoms with van der Waals surface area (Å²) in [4.78, 5) is 1.10.